The number of pyridine rings is 1. The molecule has 1 saturated heterocycles. The summed E-state index contributed by atoms with van der Waals surface area (Å²) in [6.07, 6.45) is 7.88. The molecule has 0 saturated carbocycles. The largest absolute Gasteiger partial charge is 0.497 e. The number of amides is 1. The highest BCUT2D eigenvalue weighted by Crippen LogP contribution is 2.42. The molecule has 8 heteroatoms. The fraction of sp³-hybridized carbons (Fsp3) is 0.615. The minimum Gasteiger partial charge on any atom is -0.497 e. The summed E-state index contributed by atoms with van der Waals surface area (Å²) in [7, 11) is 1.56. The first-order valence-electron chi connectivity index (χ1n) is 12.4. The monoisotopic (exact) mass is 493 g/mol. The maximum Gasteiger partial charge on any atom is 0.249 e. The lowest BCUT2D eigenvalue weighted by atomic mass is 9.73. The number of halogens is 2. The number of nitrogens with one attached hydrogen (secondary N) is 1. The Bertz CT molecular complexity index is 950. The fourth-order valence-electron chi connectivity index (χ4n) is 5.01. The first kappa shape index (κ1) is 26.6. The van der Waals surface area contributed by atoms with Gasteiger partial charge in [0.05, 0.1) is 23.1 Å². The van der Waals surface area contributed by atoms with E-state index < -0.39 is 17.5 Å². The Hall–Kier alpha value is -1.96. The van der Waals surface area contributed by atoms with Gasteiger partial charge in [-0.1, -0.05) is 44.2 Å². The summed E-state index contributed by atoms with van der Waals surface area (Å²) in [5, 5.41) is 10.3. The molecule has 0 aliphatic carbocycles. The summed E-state index contributed by atoms with van der Waals surface area (Å²) < 4.78 is 20.9. The number of unbranched alkanes of at least 4 members (excludes halogenated alkanes) is 4. The van der Waals surface area contributed by atoms with E-state index in [0.717, 1.165) is 26.1 Å². The molecular weight excluding hydrogens is 457 g/mol. The second-order valence-corrected chi connectivity index (χ2v) is 9.79. The van der Waals surface area contributed by atoms with Gasteiger partial charge in [0.25, 0.3) is 0 Å². The maximum atomic E-state index is 15.6. The van der Waals surface area contributed by atoms with Crippen LogP contribution in [0.25, 0.3) is 10.9 Å². The second-order valence-electron chi connectivity index (χ2n) is 9.39. The summed E-state index contributed by atoms with van der Waals surface area (Å²) >= 11 is 6.37. The van der Waals surface area contributed by atoms with Crippen molar-refractivity contribution in [3.63, 3.8) is 0 Å². The molecule has 1 aromatic heterocycles. The zero-order valence-electron chi connectivity index (χ0n) is 20.3. The number of carbonyl (C=O) groups excluding carboxylic acids is 1. The molecule has 2 N–H and O–H groups in total. The van der Waals surface area contributed by atoms with Gasteiger partial charge in [-0.15, -0.1) is 0 Å². The van der Waals surface area contributed by atoms with Crippen molar-refractivity contribution in [2.24, 2.45) is 5.41 Å². The van der Waals surface area contributed by atoms with Crippen molar-refractivity contribution in [1.29, 1.82) is 0 Å². The Labute approximate surface area is 206 Å². The van der Waals surface area contributed by atoms with Gasteiger partial charge in [0.2, 0.25) is 5.91 Å². The van der Waals surface area contributed by atoms with Crippen LogP contribution < -0.4 is 10.2 Å². The van der Waals surface area contributed by atoms with E-state index >= 15 is 4.39 Å². The van der Waals surface area contributed by atoms with Crippen molar-refractivity contribution in [3.05, 3.63) is 35.0 Å². The smallest absolute Gasteiger partial charge is 0.249 e. The van der Waals surface area contributed by atoms with Crippen LogP contribution in [0.3, 0.4) is 0 Å². The van der Waals surface area contributed by atoms with E-state index in [4.69, 9.17) is 16.3 Å². The van der Waals surface area contributed by atoms with Gasteiger partial charge in [0.15, 0.2) is 0 Å². The summed E-state index contributed by atoms with van der Waals surface area (Å²) in [6, 6.07) is 5.29. The van der Waals surface area contributed by atoms with E-state index in [0.29, 0.717) is 41.5 Å². The molecule has 34 heavy (non-hydrogen) atoms. The maximum absolute atomic E-state index is 15.6. The molecule has 1 aliphatic rings. The van der Waals surface area contributed by atoms with Gasteiger partial charge in [0.1, 0.15) is 11.9 Å². The van der Waals surface area contributed by atoms with Crippen molar-refractivity contribution < 1.29 is 19.1 Å². The van der Waals surface area contributed by atoms with Crippen LogP contribution in [-0.4, -0.2) is 47.7 Å². The molecule has 188 valence electrons. The number of rotatable bonds is 12. The van der Waals surface area contributed by atoms with E-state index in [1.807, 2.05) is 5.48 Å². The zero-order valence-corrected chi connectivity index (χ0v) is 21.0. The topological polar surface area (TPSA) is 74.7 Å². The lowest BCUT2D eigenvalue weighted by Crippen LogP contribution is -2.48. The normalized spacial score (nSPS) is 17.0. The molecule has 2 heterocycles. The Morgan fingerprint density at radius 3 is 2.71 bits per heavy atom. The number of benzene rings is 1. The molecule has 0 radical (unpaired) electrons. The Morgan fingerprint density at radius 1 is 1.29 bits per heavy atom. The lowest BCUT2D eigenvalue weighted by Gasteiger charge is -2.40. The third-order valence-corrected chi connectivity index (χ3v) is 7.53. The minimum atomic E-state index is -1.37. The molecule has 6 nitrogen and oxygen atoms in total. The molecule has 1 aliphatic heterocycles. The fourth-order valence-corrected chi connectivity index (χ4v) is 5.28. The quantitative estimate of drug-likeness (QED) is 0.208. The Morgan fingerprint density at radius 2 is 2.03 bits per heavy atom. The number of methoxy groups -OCH3 is 1. The second kappa shape index (κ2) is 12.7. The third kappa shape index (κ3) is 6.37. The summed E-state index contributed by atoms with van der Waals surface area (Å²) in [4.78, 5) is 19.4. The number of carbonyl (C=O) groups is 1. The van der Waals surface area contributed by atoms with Gasteiger partial charge in [-0.25, -0.2) is 9.87 Å². The van der Waals surface area contributed by atoms with E-state index in [1.165, 1.54) is 31.9 Å². The van der Waals surface area contributed by atoms with Crippen LogP contribution in [0.4, 0.5) is 4.39 Å². The summed E-state index contributed by atoms with van der Waals surface area (Å²) in [5.74, 6) is 0.179. The van der Waals surface area contributed by atoms with Gasteiger partial charge < -0.3 is 9.64 Å². The number of piperidine rings is 1. The van der Waals surface area contributed by atoms with E-state index in [1.54, 1.807) is 25.3 Å². The molecule has 1 amide bonds. The number of hydroxylamine groups is 1. The molecule has 1 aromatic carbocycles. The number of likely N-dealkylation sites (tertiary alicyclic amines) is 1. The average Bonchev–Trinajstić information content (AvgIpc) is 2.87. The first-order valence-corrected chi connectivity index (χ1v) is 12.7. The molecule has 0 unspecified atom stereocenters. The predicted octanol–water partition coefficient (Wildman–Crippen LogP) is 6.25. The van der Waals surface area contributed by atoms with Crippen LogP contribution in [0.15, 0.2) is 24.4 Å². The Kier molecular flexibility index (Phi) is 9.92. The Balaban J connectivity index is 1.67. The van der Waals surface area contributed by atoms with Crippen LogP contribution >= 0.6 is 11.6 Å². The summed E-state index contributed by atoms with van der Waals surface area (Å²) in [6.45, 7) is 4.77. The van der Waals surface area contributed by atoms with E-state index in [9.17, 15) is 10.0 Å². The van der Waals surface area contributed by atoms with Crippen molar-refractivity contribution in [1.82, 2.24) is 15.4 Å². The molecule has 1 fully saturated rings. The summed E-state index contributed by atoms with van der Waals surface area (Å²) in [5.41, 5.74) is 2.06. The zero-order chi connectivity index (χ0) is 24.6. The van der Waals surface area contributed by atoms with Crippen molar-refractivity contribution >= 4 is 28.4 Å². The van der Waals surface area contributed by atoms with Crippen molar-refractivity contribution in [3.8, 4) is 5.75 Å². The van der Waals surface area contributed by atoms with E-state index in [2.05, 4.69) is 16.8 Å². The van der Waals surface area contributed by atoms with Gasteiger partial charge >= 0.3 is 0 Å². The molecule has 1 atom stereocenters. The highest BCUT2D eigenvalue weighted by molar-refractivity contribution is 6.32. The van der Waals surface area contributed by atoms with Crippen LogP contribution in [0.2, 0.25) is 5.02 Å². The number of nitrogens with zero attached hydrogens (tertiary/aromatic N) is 2. The average molecular weight is 494 g/mol. The van der Waals surface area contributed by atoms with Crippen molar-refractivity contribution in [2.75, 3.05) is 26.7 Å². The molecule has 3 rings (SSSR count). The lowest BCUT2D eigenvalue weighted by molar-refractivity contribution is -0.143. The van der Waals surface area contributed by atoms with E-state index in [-0.39, 0.29) is 11.4 Å². The number of fused-ring (bicyclic) bond motifs is 1. The molecule has 0 spiro atoms. The molecular formula is C26H37ClFN3O3. The SMILES string of the molecule is CCCCCCCN1CCC(CC[C@@H](F)c2c(Cl)cnc3ccc(OC)cc23)(C(=O)NO)CC1. The highest BCUT2D eigenvalue weighted by Gasteiger charge is 2.41. The van der Waals surface area contributed by atoms with Crippen molar-refractivity contribution in [2.45, 2.75) is 70.9 Å². The van der Waals surface area contributed by atoms with Gasteiger partial charge in [-0.2, -0.15) is 0 Å². The third-order valence-electron chi connectivity index (χ3n) is 7.23. The molecule has 0 bridgehead atoms. The van der Waals surface area contributed by atoms with Gasteiger partial charge in [-0.05, 0) is 69.9 Å². The number of ether oxygens (including phenoxy) is 1. The number of hydrogen-bond acceptors (Lipinski definition) is 5. The van der Waals surface area contributed by atoms with Gasteiger partial charge in [0, 0.05) is 17.1 Å². The van der Waals surface area contributed by atoms with Gasteiger partial charge in [-0.3, -0.25) is 15.0 Å². The number of hydrogen-bond donors (Lipinski definition) is 2. The molecule has 2 aromatic rings. The van der Waals surface area contributed by atoms with Crippen LogP contribution in [-0.2, 0) is 4.79 Å². The standard InChI is InChI=1S/C26H37ClFN3O3/c1-3-4-5-6-7-14-31-15-12-26(13-16-31,25(32)30-33)11-10-22(28)24-20-17-19(34-2)8-9-23(20)29-18-21(24)27/h8-9,17-18,22,33H,3-7,10-16H2,1-2H3,(H,30,32)/t22-/m1/s1. The van der Waals surface area contributed by atoms with Crippen LogP contribution in [0.1, 0.15) is 76.4 Å². The number of alkyl halides is 1. The van der Waals surface area contributed by atoms with Crippen LogP contribution in [0.5, 0.6) is 5.75 Å². The number of aromatic nitrogens is 1. The first-order chi connectivity index (χ1) is 16.4. The van der Waals surface area contributed by atoms with Crippen LogP contribution in [0, 0.1) is 5.41 Å². The predicted molar refractivity (Wildman–Crippen MR) is 133 cm³/mol. The minimum absolute atomic E-state index is 0.125. The highest BCUT2D eigenvalue weighted by atomic mass is 35.5.